The quantitative estimate of drug-likeness (QED) is 0.869. The molecule has 0 aliphatic heterocycles. The number of anilines is 1. The number of benzene rings is 1. The van der Waals surface area contributed by atoms with Gasteiger partial charge in [-0.15, -0.1) is 0 Å². The molecule has 0 spiro atoms. The Kier molecular flexibility index (Phi) is 4.74. The molecule has 0 atom stereocenters. The molecule has 1 N–H and O–H groups in total. The molecule has 20 heavy (non-hydrogen) atoms. The highest BCUT2D eigenvalue weighted by molar-refractivity contribution is 5.50. The SMILES string of the molecule is Cc1cc(N(C)CC2CCC2)ccc1CNC(C)(C)C. The van der Waals surface area contributed by atoms with Gasteiger partial charge in [0.15, 0.2) is 0 Å². The van der Waals surface area contributed by atoms with Crippen LogP contribution in [0.5, 0.6) is 0 Å². The second-order valence-electron chi connectivity index (χ2n) is 7.39. The highest BCUT2D eigenvalue weighted by Gasteiger charge is 2.19. The molecular weight excluding hydrogens is 244 g/mol. The van der Waals surface area contributed by atoms with E-state index in [-0.39, 0.29) is 5.54 Å². The number of hydrogen-bond donors (Lipinski definition) is 1. The van der Waals surface area contributed by atoms with Crippen molar-refractivity contribution in [3.63, 3.8) is 0 Å². The van der Waals surface area contributed by atoms with Crippen LogP contribution in [0.3, 0.4) is 0 Å². The molecule has 2 heteroatoms. The molecule has 2 rings (SSSR count). The minimum Gasteiger partial charge on any atom is -0.374 e. The summed E-state index contributed by atoms with van der Waals surface area (Å²) in [6.45, 7) is 11.0. The van der Waals surface area contributed by atoms with Gasteiger partial charge in [0.25, 0.3) is 0 Å². The maximum Gasteiger partial charge on any atom is 0.0366 e. The monoisotopic (exact) mass is 274 g/mol. The van der Waals surface area contributed by atoms with Crippen LogP contribution < -0.4 is 10.2 Å². The molecule has 112 valence electrons. The van der Waals surface area contributed by atoms with Gasteiger partial charge >= 0.3 is 0 Å². The van der Waals surface area contributed by atoms with Gasteiger partial charge in [-0.3, -0.25) is 0 Å². The van der Waals surface area contributed by atoms with Gasteiger partial charge in [-0.2, -0.15) is 0 Å². The van der Waals surface area contributed by atoms with Crippen molar-refractivity contribution in [2.75, 3.05) is 18.5 Å². The van der Waals surface area contributed by atoms with E-state index < -0.39 is 0 Å². The molecule has 2 nitrogen and oxygen atoms in total. The first-order chi connectivity index (χ1) is 9.35. The first-order valence-electron chi connectivity index (χ1n) is 7.91. The maximum absolute atomic E-state index is 3.56. The van der Waals surface area contributed by atoms with Crippen LogP contribution in [0, 0.1) is 12.8 Å². The summed E-state index contributed by atoms with van der Waals surface area (Å²) in [6, 6.07) is 6.88. The summed E-state index contributed by atoms with van der Waals surface area (Å²) < 4.78 is 0. The van der Waals surface area contributed by atoms with Crippen molar-refractivity contribution in [2.45, 2.75) is 59.0 Å². The molecular formula is C18H30N2. The van der Waals surface area contributed by atoms with E-state index in [1.54, 1.807) is 0 Å². The number of hydrogen-bond acceptors (Lipinski definition) is 2. The van der Waals surface area contributed by atoms with E-state index in [1.807, 2.05) is 0 Å². The van der Waals surface area contributed by atoms with Crippen molar-refractivity contribution in [2.24, 2.45) is 5.92 Å². The van der Waals surface area contributed by atoms with Crippen LogP contribution in [0.1, 0.15) is 51.2 Å². The minimum atomic E-state index is 0.173. The first-order valence-corrected chi connectivity index (χ1v) is 7.91. The Hall–Kier alpha value is -1.02. The van der Waals surface area contributed by atoms with E-state index in [1.165, 1.54) is 42.6 Å². The molecule has 1 aromatic rings. The smallest absolute Gasteiger partial charge is 0.0366 e. The lowest BCUT2D eigenvalue weighted by Gasteiger charge is -2.31. The third-order valence-electron chi connectivity index (χ3n) is 4.33. The van der Waals surface area contributed by atoms with Gasteiger partial charge in [0, 0.05) is 31.4 Å². The fourth-order valence-corrected chi connectivity index (χ4v) is 2.64. The van der Waals surface area contributed by atoms with Crippen LogP contribution in [0.2, 0.25) is 0 Å². The van der Waals surface area contributed by atoms with Gasteiger partial charge in [0.2, 0.25) is 0 Å². The summed E-state index contributed by atoms with van der Waals surface area (Å²) in [5.41, 5.74) is 4.32. The van der Waals surface area contributed by atoms with Crippen LogP contribution in [-0.2, 0) is 6.54 Å². The van der Waals surface area contributed by atoms with Crippen LogP contribution >= 0.6 is 0 Å². The summed E-state index contributed by atoms with van der Waals surface area (Å²) in [4.78, 5) is 2.41. The molecule has 0 aromatic heterocycles. The lowest BCUT2D eigenvalue weighted by molar-refractivity contribution is 0.321. The van der Waals surface area contributed by atoms with Gasteiger partial charge in [0.1, 0.15) is 0 Å². The zero-order valence-electron chi connectivity index (χ0n) is 13.8. The van der Waals surface area contributed by atoms with E-state index in [4.69, 9.17) is 0 Å². The average Bonchev–Trinajstić information content (AvgIpc) is 2.30. The van der Waals surface area contributed by atoms with E-state index in [2.05, 4.69) is 63.2 Å². The van der Waals surface area contributed by atoms with Crippen molar-refractivity contribution >= 4 is 5.69 Å². The molecule has 0 heterocycles. The van der Waals surface area contributed by atoms with Crippen LogP contribution in [0.15, 0.2) is 18.2 Å². The first kappa shape index (κ1) is 15.4. The van der Waals surface area contributed by atoms with Crippen molar-refractivity contribution in [3.05, 3.63) is 29.3 Å². The van der Waals surface area contributed by atoms with E-state index in [9.17, 15) is 0 Å². The Bertz CT molecular complexity index is 441. The largest absolute Gasteiger partial charge is 0.374 e. The van der Waals surface area contributed by atoms with Gasteiger partial charge < -0.3 is 10.2 Å². The zero-order chi connectivity index (χ0) is 14.8. The highest BCUT2D eigenvalue weighted by atomic mass is 15.1. The Balaban J connectivity index is 1.97. The number of nitrogens with one attached hydrogen (secondary N) is 1. The topological polar surface area (TPSA) is 15.3 Å². The molecule has 0 amide bonds. The van der Waals surface area contributed by atoms with Crippen LogP contribution in [0.4, 0.5) is 5.69 Å². The molecule has 1 aliphatic rings. The Labute approximate surface area is 124 Å². The summed E-state index contributed by atoms with van der Waals surface area (Å²) in [7, 11) is 2.22. The van der Waals surface area contributed by atoms with Crippen molar-refractivity contribution in [3.8, 4) is 0 Å². The van der Waals surface area contributed by atoms with E-state index in [0.717, 1.165) is 12.5 Å². The van der Waals surface area contributed by atoms with E-state index in [0.29, 0.717) is 0 Å². The third kappa shape index (κ3) is 4.24. The lowest BCUT2D eigenvalue weighted by Crippen LogP contribution is -2.35. The standard InChI is InChI=1S/C18H30N2/c1-14-11-17(20(5)13-15-7-6-8-15)10-9-16(14)12-19-18(2,3)4/h9-11,15,19H,6-8,12-13H2,1-5H3. The second kappa shape index (κ2) is 6.17. The fourth-order valence-electron chi connectivity index (χ4n) is 2.64. The minimum absolute atomic E-state index is 0.173. The predicted octanol–water partition coefficient (Wildman–Crippen LogP) is 4.12. The van der Waals surface area contributed by atoms with Crippen molar-refractivity contribution in [1.29, 1.82) is 0 Å². The third-order valence-corrected chi connectivity index (χ3v) is 4.33. The van der Waals surface area contributed by atoms with Crippen molar-refractivity contribution < 1.29 is 0 Å². The molecule has 0 unspecified atom stereocenters. The average molecular weight is 274 g/mol. The Morgan fingerprint density at radius 2 is 1.95 bits per heavy atom. The molecule has 1 fully saturated rings. The molecule has 0 radical (unpaired) electrons. The summed E-state index contributed by atoms with van der Waals surface area (Å²) >= 11 is 0. The van der Waals surface area contributed by atoms with Crippen LogP contribution in [0.25, 0.3) is 0 Å². The van der Waals surface area contributed by atoms with Crippen molar-refractivity contribution in [1.82, 2.24) is 5.32 Å². The lowest BCUT2D eigenvalue weighted by atomic mass is 9.85. The molecule has 0 bridgehead atoms. The normalized spacial score (nSPS) is 16.1. The number of rotatable bonds is 5. The fraction of sp³-hybridized carbons (Fsp3) is 0.667. The molecule has 1 aromatic carbocycles. The van der Waals surface area contributed by atoms with Gasteiger partial charge in [-0.1, -0.05) is 12.5 Å². The van der Waals surface area contributed by atoms with Gasteiger partial charge in [-0.05, 0) is 69.7 Å². The Morgan fingerprint density at radius 1 is 1.25 bits per heavy atom. The zero-order valence-corrected chi connectivity index (χ0v) is 13.8. The van der Waals surface area contributed by atoms with Gasteiger partial charge in [-0.25, -0.2) is 0 Å². The molecule has 1 aliphatic carbocycles. The number of aryl methyl sites for hydroxylation is 1. The van der Waals surface area contributed by atoms with Gasteiger partial charge in [0.05, 0.1) is 0 Å². The summed E-state index contributed by atoms with van der Waals surface area (Å²) in [5.74, 6) is 0.919. The molecule has 1 saturated carbocycles. The van der Waals surface area contributed by atoms with Crippen LogP contribution in [-0.4, -0.2) is 19.1 Å². The molecule has 0 saturated heterocycles. The predicted molar refractivity (Wildman–Crippen MR) is 88.4 cm³/mol. The highest BCUT2D eigenvalue weighted by Crippen LogP contribution is 2.29. The second-order valence-corrected chi connectivity index (χ2v) is 7.39. The Morgan fingerprint density at radius 3 is 2.45 bits per heavy atom. The number of nitrogens with zero attached hydrogens (tertiary/aromatic N) is 1. The van der Waals surface area contributed by atoms with E-state index >= 15 is 0 Å². The summed E-state index contributed by atoms with van der Waals surface area (Å²) in [6.07, 6.45) is 4.25. The maximum atomic E-state index is 3.56. The summed E-state index contributed by atoms with van der Waals surface area (Å²) in [5, 5.41) is 3.56.